The molecular weight excluding hydrogens is 310 g/mol. The molecule has 1 atom stereocenters. The molecule has 112 valence electrons. The Labute approximate surface area is 132 Å². The van der Waals surface area contributed by atoms with Crippen LogP contribution in [0.3, 0.4) is 0 Å². The van der Waals surface area contributed by atoms with Gasteiger partial charge in [0.25, 0.3) is 0 Å². The second-order valence-corrected chi connectivity index (χ2v) is 5.80. The number of hydrogen-bond donors (Lipinski definition) is 2. The molecule has 2 N–H and O–H groups in total. The van der Waals surface area contributed by atoms with Gasteiger partial charge in [0, 0.05) is 11.4 Å². The van der Waals surface area contributed by atoms with E-state index in [1.54, 1.807) is 30.4 Å². The molecular formula is C15H16ClNO3S. The number of thiophene rings is 1. The minimum Gasteiger partial charge on any atom is -0.506 e. The summed E-state index contributed by atoms with van der Waals surface area (Å²) in [4.78, 5) is 13.2. The molecule has 0 bridgehead atoms. The molecule has 0 amide bonds. The molecule has 1 aromatic carbocycles. The largest absolute Gasteiger partial charge is 0.506 e. The van der Waals surface area contributed by atoms with E-state index < -0.39 is 6.04 Å². The van der Waals surface area contributed by atoms with Crippen molar-refractivity contribution in [2.45, 2.75) is 19.5 Å². The number of rotatable bonds is 6. The van der Waals surface area contributed by atoms with E-state index in [0.717, 1.165) is 4.88 Å². The van der Waals surface area contributed by atoms with E-state index in [4.69, 9.17) is 16.3 Å². The minimum absolute atomic E-state index is 0.0127. The molecule has 0 aliphatic heterocycles. The van der Waals surface area contributed by atoms with Crippen LogP contribution >= 0.6 is 22.9 Å². The Kier molecular flexibility index (Phi) is 5.61. The Morgan fingerprint density at radius 1 is 1.48 bits per heavy atom. The maximum Gasteiger partial charge on any atom is 0.327 e. The van der Waals surface area contributed by atoms with Crippen LogP contribution in [-0.4, -0.2) is 17.7 Å². The van der Waals surface area contributed by atoms with Crippen molar-refractivity contribution in [3.05, 3.63) is 51.2 Å². The summed E-state index contributed by atoms with van der Waals surface area (Å²) in [6, 6.07) is 8.02. The molecule has 21 heavy (non-hydrogen) atoms. The van der Waals surface area contributed by atoms with Crippen LogP contribution < -0.4 is 5.32 Å². The lowest BCUT2D eigenvalue weighted by molar-refractivity contribution is -0.145. The van der Waals surface area contributed by atoms with Crippen molar-refractivity contribution in [2.24, 2.45) is 0 Å². The van der Waals surface area contributed by atoms with Crippen LogP contribution in [0, 0.1) is 0 Å². The van der Waals surface area contributed by atoms with E-state index in [1.165, 1.54) is 6.07 Å². The smallest absolute Gasteiger partial charge is 0.327 e. The first-order chi connectivity index (χ1) is 10.1. The predicted molar refractivity (Wildman–Crippen MR) is 83.6 cm³/mol. The molecule has 0 saturated carbocycles. The lowest BCUT2D eigenvalue weighted by atomic mass is 10.1. The fourth-order valence-electron chi connectivity index (χ4n) is 1.88. The third kappa shape index (κ3) is 4.20. The summed E-state index contributed by atoms with van der Waals surface area (Å²) >= 11 is 7.52. The third-order valence-corrected chi connectivity index (χ3v) is 4.07. The molecule has 0 aliphatic carbocycles. The first-order valence-corrected chi connectivity index (χ1v) is 7.78. The van der Waals surface area contributed by atoms with Crippen molar-refractivity contribution < 1.29 is 14.6 Å². The van der Waals surface area contributed by atoms with Crippen LogP contribution in [-0.2, 0) is 16.1 Å². The van der Waals surface area contributed by atoms with Gasteiger partial charge in [-0.15, -0.1) is 11.3 Å². The van der Waals surface area contributed by atoms with E-state index in [-0.39, 0.29) is 16.7 Å². The minimum atomic E-state index is -0.620. The number of carbonyl (C=O) groups is 1. The maximum atomic E-state index is 12.1. The Balaban J connectivity index is 2.18. The molecule has 2 rings (SSSR count). The maximum absolute atomic E-state index is 12.1. The molecule has 0 fully saturated rings. The lowest BCUT2D eigenvalue weighted by Gasteiger charge is -2.17. The van der Waals surface area contributed by atoms with Gasteiger partial charge in [-0.3, -0.25) is 5.32 Å². The van der Waals surface area contributed by atoms with Gasteiger partial charge >= 0.3 is 5.97 Å². The molecule has 0 spiro atoms. The summed E-state index contributed by atoms with van der Waals surface area (Å²) in [7, 11) is 0. The summed E-state index contributed by atoms with van der Waals surface area (Å²) in [5.41, 5.74) is 0.660. The number of halogens is 1. The summed E-state index contributed by atoms with van der Waals surface area (Å²) < 4.78 is 5.09. The molecule has 6 heteroatoms. The van der Waals surface area contributed by atoms with E-state index in [0.29, 0.717) is 18.7 Å². The van der Waals surface area contributed by atoms with Crippen molar-refractivity contribution in [3.63, 3.8) is 0 Å². The van der Waals surface area contributed by atoms with Gasteiger partial charge in [0.1, 0.15) is 11.8 Å². The molecule has 0 saturated heterocycles. The molecule has 2 aromatic rings. The Morgan fingerprint density at radius 2 is 2.29 bits per heavy atom. The average Bonchev–Trinajstić information content (AvgIpc) is 2.96. The van der Waals surface area contributed by atoms with E-state index in [9.17, 15) is 9.90 Å². The zero-order chi connectivity index (χ0) is 15.2. The van der Waals surface area contributed by atoms with Gasteiger partial charge in [0.15, 0.2) is 0 Å². The molecule has 1 heterocycles. The normalized spacial score (nSPS) is 12.1. The number of nitrogens with one attached hydrogen (secondary N) is 1. The van der Waals surface area contributed by atoms with Crippen molar-refractivity contribution >= 4 is 28.9 Å². The number of hydrogen-bond acceptors (Lipinski definition) is 5. The van der Waals surface area contributed by atoms with Crippen LogP contribution in [0.5, 0.6) is 5.75 Å². The SMILES string of the molecule is CCOC(=O)C(NCc1cccs1)c1ccc(O)c(Cl)c1. The van der Waals surface area contributed by atoms with E-state index in [1.807, 2.05) is 17.5 Å². The highest BCUT2D eigenvalue weighted by Crippen LogP contribution is 2.27. The predicted octanol–water partition coefficient (Wildman–Crippen LogP) is 3.50. The average molecular weight is 326 g/mol. The summed E-state index contributed by atoms with van der Waals surface area (Å²) in [5, 5.41) is 14.8. The Bertz CT molecular complexity index is 601. The van der Waals surface area contributed by atoms with Gasteiger partial charge in [-0.1, -0.05) is 23.7 Å². The van der Waals surface area contributed by atoms with Crippen LogP contribution in [0.4, 0.5) is 0 Å². The van der Waals surface area contributed by atoms with Crippen molar-refractivity contribution in [2.75, 3.05) is 6.61 Å². The monoisotopic (exact) mass is 325 g/mol. The Morgan fingerprint density at radius 3 is 2.90 bits per heavy atom. The molecule has 1 unspecified atom stereocenters. The number of aromatic hydroxyl groups is 1. The molecule has 1 aromatic heterocycles. The molecule has 0 aliphatic rings. The first kappa shape index (κ1) is 15.8. The van der Waals surface area contributed by atoms with Gasteiger partial charge in [0.05, 0.1) is 11.6 Å². The highest BCUT2D eigenvalue weighted by Gasteiger charge is 2.22. The van der Waals surface area contributed by atoms with Gasteiger partial charge in [-0.25, -0.2) is 4.79 Å². The van der Waals surface area contributed by atoms with Gasteiger partial charge < -0.3 is 9.84 Å². The highest BCUT2D eigenvalue weighted by molar-refractivity contribution is 7.09. The van der Waals surface area contributed by atoms with Crippen molar-refractivity contribution in [1.29, 1.82) is 0 Å². The second kappa shape index (κ2) is 7.45. The first-order valence-electron chi connectivity index (χ1n) is 6.52. The zero-order valence-corrected chi connectivity index (χ0v) is 13.1. The third-order valence-electron chi connectivity index (χ3n) is 2.89. The number of ether oxygens (including phenoxy) is 1. The van der Waals surface area contributed by atoms with Crippen LogP contribution in [0.1, 0.15) is 23.4 Å². The lowest BCUT2D eigenvalue weighted by Crippen LogP contribution is -2.29. The van der Waals surface area contributed by atoms with Gasteiger partial charge in [0.2, 0.25) is 0 Å². The van der Waals surface area contributed by atoms with Crippen molar-refractivity contribution in [3.8, 4) is 5.75 Å². The Hall–Kier alpha value is -1.56. The number of benzene rings is 1. The quantitative estimate of drug-likeness (QED) is 0.798. The zero-order valence-electron chi connectivity index (χ0n) is 11.5. The van der Waals surface area contributed by atoms with Crippen molar-refractivity contribution in [1.82, 2.24) is 5.32 Å². The number of phenols is 1. The molecule has 4 nitrogen and oxygen atoms in total. The number of esters is 1. The number of carbonyl (C=O) groups excluding carboxylic acids is 1. The topological polar surface area (TPSA) is 58.6 Å². The summed E-state index contributed by atoms with van der Waals surface area (Å²) in [6.07, 6.45) is 0. The van der Waals surface area contributed by atoms with Crippen LogP contribution in [0.2, 0.25) is 5.02 Å². The highest BCUT2D eigenvalue weighted by atomic mass is 35.5. The molecule has 0 radical (unpaired) electrons. The fourth-order valence-corrected chi connectivity index (χ4v) is 2.73. The van der Waals surface area contributed by atoms with Gasteiger partial charge in [-0.2, -0.15) is 0 Å². The van der Waals surface area contributed by atoms with E-state index >= 15 is 0 Å². The van der Waals surface area contributed by atoms with Crippen LogP contribution in [0.15, 0.2) is 35.7 Å². The number of phenolic OH excluding ortho intramolecular Hbond substituents is 1. The standard InChI is InChI=1S/C15H16ClNO3S/c1-2-20-15(19)14(17-9-11-4-3-7-21-11)10-5-6-13(18)12(16)8-10/h3-8,14,17-18H,2,9H2,1H3. The van der Waals surface area contributed by atoms with Crippen LogP contribution in [0.25, 0.3) is 0 Å². The van der Waals surface area contributed by atoms with E-state index in [2.05, 4.69) is 5.32 Å². The summed E-state index contributed by atoms with van der Waals surface area (Å²) in [6.45, 7) is 2.62. The van der Waals surface area contributed by atoms with Gasteiger partial charge in [-0.05, 0) is 36.1 Å². The summed E-state index contributed by atoms with van der Waals surface area (Å²) in [5.74, 6) is -0.378. The fraction of sp³-hybridized carbons (Fsp3) is 0.267. The second-order valence-electron chi connectivity index (χ2n) is 4.36.